The molecule has 0 bridgehead atoms. The van der Waals surface area contributed by atoms with E-state index in [4.69, 9.17) is 9.15 Å². The van der Waals surface area contributed by atoms with E-state index in [2.05, 4.69) is 0 Å². The minimum absolute atomic E-state index is 0.0486. The van der Waals surface area contributed by atoms with Crippen LogP contribution in [0.25, 0.3) is 0 Å². The van der Waals surface area contributed by atoms with Crippen molar-refractivity contribution in [2.75, 3.05) is 0 Å². The summed E-state index contributed by atoms with van der Waals surface area (Å²) in [6.45, 7) is 3.76. The van der Waals surface area contributed by atoms with Gasteiger partial charge in [0.05, 0.1) is 6.42 Å². The Balaban J connectivity index is 1.75. The lowest BCUT2D eigenvalue weighted by molar-refractivity contribution is -0.168. The largest absolute Gasteiger partial charge is 0.486 e. The third kappa shape index (κ3) is 4.21. The topological polar surface area (TPSA) is 74.9 Å². The molecule has 1 aromatic carbocycles. The highest BCUT2D eigenvalue weighted by Gasteiger charge is 2.54. The number of hydrogen-bond acceptors (Lipinski definition) is 5. The molecule has 0 aliphatic carbocycles. The molecule has 1 atom stereocenters. The molecule has 1 aliphatic heterocycles. The fourth-order valence-corrected chi connectivity index (χ4v) is 2.97. The van der Waals surface area contributed by atoms with E-state index in [9.17, 15) is 27.5 Å². The van der Waals surface area contributed by atoms with Crippen molar-refractivity contribution in [3.63, 3.8) is 0 Å². The molecular formula is C19H18F4N2O4. The van der Waals surface area contributed by atoms with Gasteiger partial charge in [0, 0.05) is 0 Å². The predicted molar refractivity (Wildman–Crippen MR) is 93.1 cm³/mol. The number of halogens is 4. The number of amides is 1. The Kier molecular flexibility index (Phi) is 5.56. The first-order valence-electron chi connectivity index (χ1n) is 8.56. The van der Waals surface area contributed by atoms with Crippen molar-refractivity contribution < 1.29 is 36.6 Å². The Bertz CT molecular complexity index is 935. The number of aryl methyl sites for hydroxylation is 2. The Morgan fingerprint density at radius 1 is 1.28 bits per heavy atom. The van der Waals surface area contributed by atoms with E-state index in [0.29, 0.717) is 5.75 Å². The highest BCUT2D eigenvalue weighted by atomic mass is 19.3. The van der Waals surface area contributed by atoms with Gasteiger partial charge in [0.1, 0.15) is 23.8 Å². The van der Waals surface area contributed by atoms with Crippen LogP contribution in [0.4, 0.5) is 17.6 Å². The lowest BCUT2D eigenvalue weighted by Gasteiger charge is -2.30. The number of hydrazine groups is 1. The first kappa shape index (κ1) is 20.7. The molecule has 10 heteroatoms. The minimum Gasteiger partial charge on any atom is -0.486 e. The summed E-state index contributed by atoms with van der Waals surface area (Å²) in [5.41, 5.74) is -0.278. The fourth-order valence-electron chi connectivity index (χ4n) is 2.97. The van der Waals surface area contributed by atoms with Gasteiger partial charge in [-0.25, -0.2) is 13.8 Å². The molecule has 2 aromatic rings. The maximum Gasteiger partial charge on any atom is 0.310 e. The molecular weight excluding hydrogens is 396 g/mol. The van der Waals surface area contributed by atoms with Crippen LogP contribution in [0.5, 0.6) is 5.75 Å². The maximum absolute atomic E-state index is 13.3. The van der Waals surface area contributed by atoms with Crippen molar-refractivity contribution >= 4 is 5.91 Å². The molecule has 1 amide bonds. The number of aliphatic hydroxyl groups is 1. The minimum atomic E-state index is -3.49. The van der Waals surface area contributed by atoms with Crippen molar-refractivity contribution in [1.29, 1.82) is 0 Å². The maximum atomic E-state index is 13.3. The number of nitrogens with zero attached hydrogens (tertiary/aromatic N) is 1. The lowest BCUT2D eigenvalue weighted by atomic mass is 10.1. The summed E-state index contributed by atoms with van der Waals surface area (Å²) in [6.07, 6.45) is -6.93. The van der Waals surface area contributed by atoms with Crippen LogP contribution < -0.4 is 10.2 Å². The molecule has 2 N–H and O–H groups in total. The van der Waals surface area contributed by atoms with Gasteiger partial charge in [-0.3, -0.25) is 10.2 Å². The van der Waals surface area contributed by atoms with Crippen molar-refractivity contribution in [2.24, 2.45) is 0 Å². The average Bonchev–Trinajstić information content (AvgIpc) is 3.24. The van der Waals surface area contributed by atoms with Crippen molar-refractivity contribution in [3.8, 4) is 5.75 Å². The molecule has 1 unspecified atom stereocenters. The van der Waals surface area contributed by atoms with E-state index in [0.717, 1.165) is 11.1 Å². The zero-order chi connectivity index (χ0) is 21.3. The second-order valence-electron chi connectivity index (χ2n) is 6.73. The van der Waals surface area contributed by atoms with Gasteiger partial charge in [-0.05, 0) is 49.2 Å². The molecule has 1 fully saturated rings. The Hall–Kier alpha value is -3.01. The number of alkyl halides is 2. The molecule has 1 saturated heterocycles. The molecule has 6 nitrogen and oxygen atoms in total. The molecule has 0 saturated carbocycles. The average molecular weight is 414 g/mol. The highest BCUT2D eigenvalue weighted by molar-refractivity contribution is 5.92. The van der Waals surface area contributed by atoms with Crippen LogP contribution in [0.3, 0.4) is 0 Å². The third-order valence-corrected chi connectivity index (χ3v) is 4.30. The number of furan rings is 1. The number of nitrogens with one attached hydrogen (secondary N) is 1. The smallest absolute Gasteiger partial charge is 0.310 e. The monoisotopic (exact) mass is 414 g/mol. The second kappa shape index (κ2) is 7.78. The number of carbonyl (C=O) groups is 1. The van der Waals surface area contributed by atoms with Crippen LogP contribution in [0, 0.1) is 13.8 Å². The SMILES string of the molecule is Cc1cc(C)cc(OCc2ccc(C(=O)N3NC(=C(F)F)CC3(O)C(F)F)o2)c1. The van der Waals surface area contributed by atoms with Crippen LogP contribution in [0.2, 0.25) is 0 Å². The molecule has 0 radical (unpaired) electrons. The first-order chi connectivity index (χ1) is 13.6. The zero-order valence-electron chi connectivity index (χ0n) is 15.5. The van der Waals surface area contributed by atoms with Crippen LogP contribution in [0.15, 0.2) is 46.5 Å². The van der Waals surface area contributed by atoms with Gasteiger partial charge in [0.25, 0.3) is 12.5 Å². The summed E-state index contributed by atoms with van der Waals surface area (Å²) in [7, 11) is 0. The summed E-state index contributed by atoms with van der Waals surface area (Å²) < 4.78 is 63.0. The van der Waals surface area contributed by atoms with Gasteiger partial charge in [-0.15, -0.1) is 0 Å². The molecule has 1 aliphatic rings. The Morgan fingerprint density at radius 3 is 2.52 bits per heavy atom. The Labute approximate surface area is 163 Å². The van der Waals surface area contributed by atoms with Gasteiger partial charge < -0.3 is 14.3 Å². The number of rotatable bonds is 5. The fraction of sp³-hybridized carbons (Fsp3) is 0.316. The third-order valence-electron chi connectivity index (χ3n) is 4.30. The van der Waals surface area contributed by atoms with E-state index in [-0.39, 0.29) is 17.4 Å². The van der Waals surface area contributed by atoms with Crippen LogP contribution in [0.1, 0.15) is 33.9 Å². The van der Waals surface area contributed by atoms with Crippen LogP contribution in [-0.4, -0.2) is 28.2 Å². The van der Waals surface area contributed by atoms with Crippen LogP contribution in [-0.2, 0) is 6.61 Å². The quantitative estimate of drug-likeness (QED) is 0.727. The number of ether oxygens (including phenoxy) is 1. The summed E-state index contributed by atoms with van der Waals surface area (Å²) in [6, 6.07) is 8.15. The summed E-state index contributed by atoms with van der Waals surface area (Å²) >= 11 is 0. The summed E-state index contributed by atoms with van der Waals surface area (Å²) in [5.74, 6) is -0.856. The molecule has 1 aromatic heterocycles. The van der Waals surface area contributed by atoms with Crippen molar-refractivity contribution in [2.45, 2.75) is 39.0 Å². The van der Waals surface area contributed by atoms with E-state index < -0.39 is 42.0 Å². The van der Waals surface area contributed by atoms with Crippen molar-refractivity contribution in [3.05, 3.63) is 64.8 Å². The van der Waals surface area contributed by atoms with E-state index in [1.807, 2.05) is 25.3 Å². The van der Waals surface area contributed by atoms with Gasteiger partial charge in [0.2, 0.25) is 5.72 Å². The molecule has 156 valence electrons. The second-order valence-corrected chi connectivity index (χ2v) is 6.73. The van der Waals surface area contributed by atoms with Gasteiger partial charge in [0.15, 0.2) is 5.76 Å². The summed E-state index contributed by atoms with van der Waals surface area (Å²) in [4.78, 5) is 12.5. The molecule has 0 spiro atoms. The predicted octanol–water partition coefficient (Wildman–Crippen LogP) is 3.89. The zero-order valence-corrected chi connectivity index (χ0v) is 15.5. The molecule has 29 heavy (non-hydrogen) atoms. The standard InChI is InChI=1S/C19H18F4N2O4/c1-10-5-11(2)7-13(6-10)28-9-12-3-4-15(29-12)17(26)25-19(27,18(22)23)8-14(24-25)16(20)21/h3-7,18,24,27H,8-9H2,1-2H3. The number of carbonyl (C=O) groups excluding carboxylic acids is 1. The Morgan fingerprint density at radius 2 is 1.93 bits per heavy atom. The number of hydrogen-bond donors (Lipinski definition) is 2. The van der Waals surface area contributed by atoms with Gasteiger partial charge >= 0.3 is 5.91 Å². The lowest BCUT2D eigenvalue weighted by Crippen LogP contribution is -2.55. The van der Waals surface area contributed by atoms with Gasteiger partial charge in [-0.2, -0.15) is 8.78 Å². The van der Waals surface area contributed by atoms with E-state index >= 15 is 0 Å². The first-order valence-corrected chi connectivity index (χ1v) is 8.56. The van der Waals surface area contributed by atoms with Crippen LogP contribution >= 0.6 is 0 Å². The summed E-state index contributed by atoms with van der Waals surface area (Å²) in [5, 5.41) is 10.1. The normalized spacial score (nSPS) is 18.9. The van der Waals surface area contributed by atoms with Gasteiger partial charge in [-0.1, -0.05) is 6.07 Å². The highest BCUT2D eigenvalue weighted by Crippen LogP contribution is 2.35. The van der Waals surface area contributed by atoms with E-state index in [1.165, 1.54) is 12.1 Å². The van der Waals surface area contributed by atoms with E-state index in [1.54, 1.807) is 12.1 Å². The molecule has 3 rings (SSSR count). The molecule has 2 heterocycles. The number of benzene rings is 1. The van der Waals surface area contributed by atoms with Crippen molar-refractivity contribution in [1.82, 2.24) is 10.4 Å².